The number of hydrogen-bond acceptors (Lipinski definition) is 1. The van der Waals surface area contributed by atoms with E-state index in [1.807, 2.05) is 6.08 Å². The Labute approximate surface area is 104 Å². The highest BCUT2D eigenvalue weighted by molar-refractivity contribution is 5.91. The van der Waals surface area contributed by atoms with Gasteiger partial charge in [-0.1, -0.05) is 42.3 Å². The van der Waals surface area contributed by atoms with E-state index in [2.05, 4.69) is 37.8 Å². The zero-order valence-corrected chi connectivity index (χ0v) is 10.5. The van der Waals surface area contributed by atoms with Crippen molar-refractivity contribution in [2.24, 2.45) is 0 Å². The molecule has 0 bridgehead atoms. The van der Waals surface area contributed by atoms with Crippen molar-refractivity contribution in [2.75, 3.05) is 0 Å². The number of carbonyl (C=O) groups excluding carboxylic acids is 1. The van der Waals surface area contributed by atoms with Crippen LogP contribution in [0.4, 0.5) is 0 Å². The van der Waals surface area contributed by atoms with E-state index in [4.69, 9.17) is 0 Å². The fourth-order valence-electron chi connectivity index (χ4n) is 2.85. The van der Waals surface area contributed by atoms with Gasteiger partial charge in [-0.3, -0.25) is 4.79 Å². The van der Waals surface area contributed by atoms with Gasteiger partial charge in [-0.2, -0.15) is 0 Å². The Morgan fingerprint density at radius 2 is 2.00 bits per heavy atom. The Bertz CT molecular complexity index is 416. The van der Waals surface area contributed by atoms with Gasteiger partial charge in [-0.15, -0.1) is 6.58 Å². The molecule has 90 valence electrons. The molecule has 1 unspecified atom stereocenters. The molecule has 1 saturated carbocycles. The van der Waals surface area contributed by atoms with E-state index in [1.54, 1.807) is 0 Å². The molecular formula is C16H20O. The van der Waals surface area contributed by atoms with E-state index in [9.17, 15) is 4.79 Å². The van der Waals surface area contributed by atoms with Crippen LogP contribution in [0.15, 0.2) is 36.9 Å². The molecule has 0 aliphatic heterocycles. The van der Waals surface area contributed by atoms with Crippen molar-refractivity contribution in [2.45, 2.75) is 44.4 Å². The maximum absolute atomic E-state index is 12.3. The highest BCUT2D eigenvalue weighted by Gasteiger charge is 2.39. The highest BCUT2D eigenvalue weighted by atomic mass is 16.1. The van der Waals surface area contributed by atoms with Crippen LogP contribution in [-0.2, 0) is 10.2 Å². The number of rotatable bonds is 3. The third-order valence-electron chi connectivity index (χ3n) is 3.89. The Kier molecular flexibility index (Phi) is 3.46. The van der Waals surface area contributed by atoms with Gasteiger partial charge in [0.05, 0.1) is 5.41 Å². The smallest absolute Gasteiger partial charge is 0.143 e. The monoisotopic (exact) mass is 228 g/mol. The predicted octanol–water partition coefficient (Wildman–Crippen LogP) is 3.95. The summed E-state index contributed by atoms with van der Waals surface area (Å²) >= 11 is 0. The van der Waals surface area contributed by atoms with Gasteiger partial charge in [-0.25, -0.2) is 0 Å². The number of benzene rings is 1. The first-order valence-corrected chi connectivity index (χ1v) is 6.40. The molecule has 0 amide bonds. The second-order valence-electron chi connectivity index (χ2n) is 5.07. The number of ketones is 1. The summed E-state index contributed by atoms with van der Waals surface area (Å²) in [5, 5.41) is 0. The largest absolute Gasteiger partial charge is 0.299 e. The van der Waals surface area contributed by atoms with Crippen LogP contribution >= 0.6 is 0 Å². The molecule has 0 spiro atoms. The lowest BCUT2D eigenvalue weighted by molar-refractivity contribution is -0.126. The summed E-state index contributed by atoms with van der Waals surface area (Å²) in [6, 6.07) is 8.42. The van der Waals surface area contributed by atoms with Gasteiger partial charge in [0.15, 0.2) is 0 Å². The average Bonchev–Trinajstić information content (AvgIpc) is 2.33. The van der Waals surface area contributed by atoms with E-state index in [1.165, 1.54) is 11.1 Å². The van der Waals surface area contributed by atoms with Crippen LogP contribution in [0.1, 0.15) is 43.2 Å². The van der Waals surface area contributed by atoms with Crippen molar-refractivity contribution in [3.63, 3.8) is 0 Å². The molecule has 1 atom stereocenters. The molecule has 1 heteroatoms. The Hall–Kier alpha value is -1.37. The van der Waals surface area contributed by atoms with Crippen LogP contribution in [0, 0.1) is 6.92 Å². The topological polar surface area (TPSA) is 17.1 Å². The fraction of sp³-hybridized carbons (Fsp3) is 0.438. The zero-order valence-electron chi connectivity index (χ0n) is 10.5. The minimum Gasteiger partial charge on any atom is -0.299 e. The van der Waals surface area contributed by atoms with Gasteiger partial charge >= 0.3 is 0 Å². The molecule has 0 heterocycles. The van der Waals surface area contributed by atoms with Crippen LogP contribution in [0.5, 0.6) is 0 Å². The van der Waals surface area contributed by atoms with Gasteiger partial charge in [0.2, 0.25) is 0 Å². The van der Waals surface area contributed by atoms with Gasteiger partial charge in [0, 0.05) is 6.42 Å². The first kappa shape index (κ1) is 12.1. The molecule has 0 saturated heterocycles. The van der Waals surface area contributed by atoms with E-state index in [-0.39, 0.29) is 5.41 Å². The van der Waals surface area contributed by atoms with Crippen LogP contribution in [-0.4, -0.2) is 5.78 Å². The molecule has 1 aromatic carbocycles. The maximum Gasteiger partial charge on any atom is 0.143 e. The second-order valence-corrected chi connectivity index (χ2v) is 5.07. The molecule has 1 aliphatic rings. The molecule has 1 nitrogen and oxygen atoms in total. The minimum absolute atomic E-state index is 0.284. The molecule has 1 aromatic rings. The minimum atomic E-state index is -0.284. The molecule has 1 fully saturated rings. The van der Waals surface area contributed by atoms with E-state index < -0.39 is 0 Å². The number of carbonyl (C=O) groups is 1. The third kappa shape index (κ3) is 2.19. The lowest BCUT2D eigenvalue weighted by Gasteiger charge is -2.35. The van der Waals surface area contributed by atoms with Gasteiger partial charge in [-0.05, 0) is 31.7 Å². The normalized spacial score (nSPS) is 24.6. The summed E-state index contributed by atoms with van der Waals surface area (Å²) in [7, 11) is 0. The third-order valence-corrected chi connectivity index (χ3v) is 3.89. The summed E-state index contributed by atoms with van der Waals surface area (Å²) in [6.07, 6.45) is 6.55. The van der Waals surface area contributed by atoms with E-state index >= 15 is 0 Å². The van der Waals surface area contributed by atoms with Crippen LogP contribution in [0.3, 0.4) is 0 Å². The summed E-state index contributed by atoms with van der Waals surface area (Å²) in [6.45, 7) is 5.90. The van der Waals surface area contributed by atoms with Crippen molar-refractivity contribution in [3.8, 4) is 0 Å². The molecule has 2 rings (SSSR count). The van der Waals surface area contributed by atoms with Crippen LogP contribution in [0.25, 0.3) is 0 Å². The molecule has 0 radical (unpaired) electrons. The summed E-state index contributed by atoms with van der Waals surface area (Å²) in [5.74, 6) is 0.396. The van der Waals surface area contributed by atoms with Crippen LogP contribution < -0.4 is 0 Å². The maximum atomic E-state index is 12.3. The van der Waals surface area contributed by atoms with Crippen molar-refractivity contribution in [1.29, 1.82) is 0 Å². The summed E-state index contributed by atoms with van der Waals surface area (Å²) in [4.78, 5) is 12.3. The number of allylic oxidation sites excluding steroid dienone is 1. The van der Waals surface area contributed by atoms with E-state index in [0.29, 0.717) is 5.78 Å². The number of Topliss-reactive ketones (excluding diaryl/α,β-unsaturated/α-hetero) is 1. The second kappa shape index (κ2) is 4.87. The van der Waals surface area contributed by atoms with Crippen LogP contribution in [0.2, 0.25) is 0 Å². The number of aryl methyl sites for hydroxylation is 1. The first-order chi connectivity index (χ1) is 8.19. The zero-order chi connectivity index (χ0) is 12.3. The first-order valence-electron chi connectivity index (χ1n) is 6.40. The predicted molar refractivity (Wildman–Crippen MR) is 71.1 cm³/mol. The molecular weight excluding hydrogens is 208 g/mol. The molecule has 17 heavy (non-hydrogen) atoms. The number of hydrogen-bond donors (Lipinski definition) is 0. The van der Waals surface area contributed by atoms with Crippen molar-refractivity contribution in [3.05, 3.63) is 48.0 Å². The van der Waals surface area contributed by atoms with Crippen molar-refractivity contribution < 1.29 is 4.79 Å². The lowest BCUT2D eigenvalue weighted by Crippen LogP contribution is -2.38. The molecule has 0 aromatic heterocycles. The molecule has 1 aliphatic carbocycles. The van der Waals surface area contributed by atoms with E-state index in [0.717, 1.165) is 32.1 Å². The molecule has 0 N–H and O–H groups in total. The highest BCUT2D eigenvalue weighted by Crippen LogP contribution is 2.40. The summed E-state index contributed by atoms with van der Waals surface area (Å²) in [5.41, 5.74) is 2.13. The Morgan fingerprint density at radius 3 is 2.59 bits per heavy atom. The average molecular weight is 228 g/mol. The lowest BCUT2D eigenvalue weighted by atomic mass is 9.66. The SMILES string of the molecule is C=CCC1(c2ccc(C)cc2)CCCCC1=O. The van der Waals surface area contributed by atoms with Crippen molar-refractivity contribution >= 4 is 5.78 Å². The quantitative estimate of drug-likeness (QED) is 0.716. The van der Waals surface area contributed by atoms with Gasteiger partial charge in [0.25, 0.3) is 0 Å². The van der Waals surface area contributed by atoms with Gasteiger partial charge < -0.3 is 0 Å². The fourth-order valence-corrected chi connectivity index (χ4v) is 2.85. The Balaban J connectivity index is 2.42. The van der Waals surface area contributed by atoms with Gasteiger partial charge in [0.1, 0.15) is 5.78 Å². The van der Waals surface area contributed by atoms with Crippen molar-refractivity contribution in [1.82, 2.24) is 0 Å². The standard InChI is InChI=1S/C16H20O/c1-3-11-16(12-5-4-6-15(16)17)14-9-7-13(2)8-10-14/h3,7-10H,1,4-6,11-12H2,2H3. The summed E-state index contributed by atoms with van der Waals surface area (Å²) < 4.78 is 0. The Morgan fingerprint density at radius 1 is 1.29 bits per heavy atom.